The molecule has 0 saturated heterocycles. The van der Waals surface area contributed by atoms with Crippen molar-refractivity contribution in [3.05, 3.63) is 69.2 Å². The van der Waals surface area contributed by atoms with E-state index in [1.165, 1.54) is 6.42 Å². The molecule has 1 atom stereocenters. The summed E-state index contributed by atoms with van der Waals surface area (Å²) < 4.78 is 0.942. The van der Waals surface area contributed by atoms with Crippen molar-refractivity contribution < 1.29 is 9.59 Å². The molecule has 0 aliphatic heterocycles. The van der Waals surface area contributed by atoms with Gasteiger partial charge in [0.25, 0.3) is 0 Å². The Bertz CT molecular complexity index is 883. The number of carbonyl (C=O) groups is 2. The van der Waals surface area contributed by atoms with Crippen LogP contribution in [-0.2, 0) is 22.6 Å². The zero-order chi connectivity index (χ0) is 21.5. The zero-order valence-corrected chi connectivity index (χ0v) is 19.6. The molecule has 30 heavy (non-hydrogen) atoms. The Hall–Kier alpha value is -1.85. The fourth-order valence-corrected chi connectivity index (χ4v) is 4.54. The molecule has 0 aromatic heterocycles. The average Bonchev–Trinajstić information content (AvgIpc) is 2.74. The lowest BCUT2D eigenvalue weighted by atomic mass is 9.95. The third-order valence-corrected chi connectivity index (χ3v) is 6.52. The largest absolute Gasteiger partial charge is 0.352 e. The maximum absolute atomic E-state index is 13.3. The smallest absolute Gasteiger partial charge is 0.242 e. The zero-order valence-electron chi connectivity index (χ0n) is 17.2. The molecule has 160 valence electrons. The number of hydrogen-bond donors (Lipinski definition) is 1. The van der Waals surface area contributed by atoms with Gasteiger partial charge in [0.15, 0.2) is 0 Å². The second kappa shape index (κ2) is 11.0. The van der Waals surface area contributed by atoms with Crippen LogP contribution in [0.25, 0.3) is 0 Å². The van der Waals surface area contributed by atoms with Gasteiger partial charge in [0.2, 0.25) is 11.8 Å². The number of benzene rings is 2. The van der Waals surface area contributed by atoms with Gasteiger partial charge in [-0.25, -0.2) is 0 Å². The second-order valence-electron chi connectivity index (χ2n) is 7.94. The van der Waals surface area contributed by atoms with Crippen molar-refractivity contribution in [1.82, 2.24) is 10.2 Å². The first-order chi connectivity index (χ1) is 14.4. The number of nitrogens with zero attached hydrogens (tertiary/aromatic N) is 1. The van der Waals surface area contributed by atoms with E-state index in [2.05, 4.69) is 21.2 Å². The van der Waals surface area contributed by atoms with Crippen LogP contribution in [0.1, 0.15) is 50.2 Å². The van der Waals surface area contributed by atoms with E-state index < -0.39 is 6.04 Å². The highest BCUT2D eigenvalue weighted by Gasteiger charge is 2.28. The third kappa shape index (κ3) is 6.32. The minimum atomic E-state index is -0.569. The lowest BCUT2D eigenvalue weighted by Crippen LogP contribution is -2.50. The number of amides is 2. The highest BCUT2D eigenvalue weighted by Crippen LogP contribution is 2.21. The van der Waals surface area contributed by atoms with Crippen LogP contribution in [0, 0.1) is 0 Å². The van der Waals surface area contributed by atoms with Gasteiger partial charge in [0.05, 0.1) is 6.42 Å². The Labute approximate surface area is 192 Å². The number of halogens is 2. The highest BCUT2D eigenvalue weighted by molar-refractivity contribution is 9.10. The van der Waals surface area contributed by atoms with Crippen molar-refractivity contribution in [1.29, 1.82) is 0 Å². The molecule has 0 heterocycles. The molecule has 6 heteroatoms. The lowest BCUT2D eigenvalue weighted by Gasteiger charge is -2.31. The van der Waals surface area contributed by atoms with E-state index in [-0.39, 0.29) is 24.3 Å². The van der Waals surface area contributed by atoms with Crippen molar-refractivity contribution in [2.45, 2.75) is 64.1 Å². The Morgan fingerprint density at radius 2 is 1.87 bits per heavy atom. The van der Waals surface area contributed by atoms with E-state index in [4.69, 9.17) is 11.6 Å². The summed E-state index contributed by atoms with van der Waals surface area (Å²) in [6.45, 7) is 2.17. The van der Waals surface area contributed by atoms with Crippen molar-refractivity contribution in [3.8, 4) is 0 Å². The van der Waals surface area contributed by atoms with Crippen LogP contribution in [0.5, 0.6) is 0 Å². The first kappa shape index (κ1) is 22.8. The van der Waals surface area contributed by atoms with Gasteiger partial charge in [-0.05, 0) is 49.1 Å². The second-order valence-corrected chi connectivity index (χ2v) is 9.26. The Morgan fingerprint density at radius 1 is 1.13 bits per heavy atom. The number of hydrogen-bond acceptors (Lipinski definition) is 2. The van der Waals surface area contributed by atoms with Crippen LogP contribution >= 0.6 is 27.5 Å². The molecule has 0 unspecified atom stereocenters. The Balaban J connectivity index is 1.77. The summed E-state index contributed by atoms with van der Waals surface area (Å²) in [6, 6.07) is 14.8. The molecule has 4 nitrogen and oxygen atoms in total. The molecule has 1 aliphatic rings. The molecule has 1 fully saturated rings. The van der Waals surface area contributed by atoms with E-state index in [0.29, 0.717) is 11.6 Å². The van der Waals surface area contributed by atoms with Gasteiger partial charge >= 0.3 is 0 Å². The van der Waals surface area contributed by atoms with Crippen LogP contribution < -0.4 is 5.32 Å². The third-order valence-electron chi connectivity index (χ3n) is 5.66. The number of nitrogens with one attached hydrogen (secondary N) is 1. The van der Waals surface area contributed by atoms with Gasteiger partial charge in [0.1, 0.15) is 6.04 Å². The fraction of sp³-hybridized carbons (Fsp3) is 0.417. The molecule has 1 aliphatic carbocycles. The van der Waals surface area contributed by atoms with Crippen molar-refractivity contribution in [3.63, 3.8) is 0 Å². The van der Waals surface area contributed by atoms with E-state index in [1.807, 2.05) is 42.5 Å². The Morgan fingerprint density at radius 3 is 2.57 bits per heavy atom. The highest BCUT2D eigenvalue weighted by atomic mass is 79.9. The summed E-state index contributed by atoms with van der Waals surface area (Å²) in [7, 11) is 0. The van der Waals surface area contributed by atoms with Gasteiger partial charge in [0, 0.05) is 22.1 Å². The summed E-state index contributed by atoms with van der Waals surface area (Å²) in [5, 5.41) is 3.72. The minimum absolute atomic E-state index is 0.0931. The SMILES string of the molecule is C[C@H](C(=O)NC1CCCCC1)N(Cc1cccc(Br)c1)C(=O)Cc1ccccc1Cl. The minimum Gasteiger partial charge on any atom is -0.352 e. The van der Waals surface area contributed by atoms with E-state index in [9.17, 15) is 9.59 Å². The molecule has 3 rings (SSSR count). The molecule has 0 bridgehead atoms. The average molecular weight is 492 g/mol. The first-order valence-corrected chi connectivity index (χ1v) is 11.7. The van der Waals surface area contributed by atoms with Crippen molar-refractivity contribution in [2.75, 3.05) is 0 Å². The Kier molecular flexibility index (Phi) is 8.34. The van der Waals surface area contributed by atoms with Crippen LogP contribution in [0.2, 0.25) is 5.02 Å². The topological polar surface area (TPSA) is 49.4 Å². The molecule has 2 aromatic carbocycles. The summed E-state index contributed by atoms with van der Waals surface area (Å²) in [5.74, 6) is -0.209. The quantitative estimate of drug-likeness (QED) is 0.555. The predicted octanol–water partition coefficient (Wildman–Crippen LogP) is 5.51. The van der Waals surface area contributed by atoms with Gasteiger partial charge in [-0.3, -0.25) is 9.59 Å². The molecule has 1 saturated carbocycles. The number of carbonyl (C=O) groups excluding carboxylic acids is 2. The molecular formula is C24H28BrClN2O2. The molecule has 0 radical (unpaired) electrons. The fourth-order valence-electron chi connectivity index (χ4n) is 3.89. The monoisotopic (exact) mass is 490 g/mol. The van der Waals surface area contributed by atoms with E-state index >= 15 is 0 Å². The molecule has 2 aromatic rings. The number of rotatable bonds is 7. The van der Waals surface area contributed by atoms with Crippen LogP contribution in [0.4, 0.5) is 0 Å². The van der Waals surface area contributed by atoms with E-state index in [1.54, 1.807) is 17.9 Å². The maximum atomic E-state index is 13.3. The first-order valence-electron chi connectivity index (χ1n) is 10.5. The predicted molar refractivity (Wildman–Crippen MR) is 124 cm³/mol. The van der Waals surface area contributed by atoms with Gasteiger partial charge in [-0.15, -0.1) is 0 Å². The molecular weight excluding hydrogens is 464 g/mol. The van der Waals surface area contributed by atoms with E-state index in [0.717, 1.165) is 41.3 Å². The summed E-state index contributed by atoms with van der Waals surface area (Å²) in [5.41, 5.74) is 1.73. The summed E-state index contributed by atoms with van der Waals surface area (Å²) in [4.78, 5) is 27.9. The summed E-state index contributed by atoms with van der Waals surface area (Å²) in [6.07, 6.45) is 5.70. The van der Waals surface area contributed by atoms with Crippen molar-refractivity contribution >= 4 is 39.3 Å². The van der Waals surface area contributed by atoms with Gasteiger partial charge in [-0.2, -0.15) is 0 Å². The normalized spacial score (nSPS) is 15.4. The lowest BCUT2D eigenvalue weighted by molar-refractivity contribution is -0.140. The van der Waals surface area contributed by atoms with Crippen LogP contribution in [-0.4, -0.2) is 28.8 Å². The molecule has 1 N–H and O–H groups in total. The standard InChI is InChI=1S/C24H28BrClN2O2/c1-17(24(30)27-21-11-3-2-4-12-21)28(16-18-8-7-10-20(25)14-18)23(29)15-19-9-5-6-13-22(19)26/h5-10,13-14,17,21H,2-4,11-12,15-16H2,1H3,(H,27,30)/t17-/m1/s1. The molecule has 2 amide bonds. The van der Waals surface area contributed by atoms with Crippen LogP contribution in [0.15, 0.2) is 53.0 Å². The van der Waals surface area contributed by atoms with Gasteiger partial charge in [-0.1, -0.05) is 77.1 Å². The van der Waals surface area contributed by atoms with Gasteiger partial charge < -0.3 is 10.2 Å². The van der Waals surface area contributed by atoms with Crippen LogP contribution in [0.3, 0.4) is 0 Å². The maximum Gasteiger partial charge on any atom is 0.242 e. The summed E-state index contributed by atoms with van der Waals surface area (Å²) >= 11 is 9.75. The van der Waals surface area contributed by atoms with Crippen molar-refractivity contribution in [2.24, 2.45) is 0 Å². The molecule has 0 spiro atoms.